The summed E-state index contributed by atoms with van der Waals surface area (Å²) < 4.78 is 51.5. The number of hydrogen-bond donors (Lipinski definition) is 1. The van der Waals surface area contributed by atoms with E-state index in [1.54, 1.807) is 12.1 Å². The highest BCUT2D eigenvalue weighted by Crippen LogP contribution is 2.57. The van der Waals surface area contributed by atoms with Gasteiger partial charge in [-0.2, -0.15) is 17.0 Å². The standard InChI is InChI=1S/C19H23FN4O5S/c1-23(2)30(26,27)24-10-19(11-24)6-13(7-19)16-4-3-14(5-17(16)20)22-18(25)28-9-15-8-21-12-29-15/h3-5,8,12-13H,6-7,9-11H2,1-2H3,(H,22,25). The molecule has 2 aromatic rings. The number of aromatic nitrogens is 1. The third-order valence-corrected chi connectivity index (χ3v) is 7.52. The lowest BCUT2D eigenvalue weighted by Crippen LogP contribution is -2.64. The summed E-state index contributed by atoms with van der Waals surface area (Å²) in [7, 11) is -0.357. The zero-order valence-corrected chi connectivity index (χ0v) is 17.5. The van der Waals surface area contributed by atoms with E-state index in [2.05, 4.69) is 10.3 Å². The van der Waals surface area contributed by atoms with Crippen LogP contribution >= 0.6 is 0 Å². The summed E-state index contributed by atoms with van der Waals surface area (Å²) in [5, 5.41) is 2.48. The maximum Gasteiger partial charge on any atom is 0.412 e. The third kappa shape index (κ3) is 3.92. The van der Waals surface area contributed by atoms with E-state index in [1.807, 2.05) is 0 Å². The van der Waals surface area contributed by atoms with Crippen molar-refractivity contribution in [2.75, 3.05) is 32.5 Å². The summed E-state index contributed by atoms with van der Waals surface area (Å²) in [5.74, 6) is 0.0418. The van der Waals surface area contributed by atoms with Crippen molar-refractivity contribution < 1.29 is 26.8 Å². The van der Waals surface area contributed by atoms with Gasteiger partial charge in [0.05, 0.1) is 6.20 Å². The number of anilines is 1. The van der Waals surface area contributed by atoms with Crippen molar-refractivity contribution >= 4 is 22.0 Å². The van der Waals surface area contributed by atoms with Crippen LogP contribution in [-0.2, 0) is 21.6 Å². The Kier molecular flexibility index (Phi) is 5.28. The molecule has 1 aromatic heterocycles. The molecule has 1 aliphatic heterocycles. The van der Waals surface area contributed by atoms with Gasteiger partial charge in [-0.3, -0.25) is 5.32 Å². The Morgan fingerprint density at radius 1 is 1.40 bits per heavy atom. The number of halogens is 1. The molecule has 1 amide bonds. The third-order valence-electron chi connectivity index (χ3n) is 5.69. The van der Waals surface area contributed by atoms with Crippen LogP contribution in [0.1, 0.15) is 30.1 Å². The normalized spacial score (nSPS) is 18.8. The number of hydrogen-bond acceptors (Lipinski definition) is 6. The quantitative estimate of drug-likeness (QED) is 0.743. The van der Waals surface area contributed by atoms with Gasteiger partial charge < -0.3 is 9.15 Å². The maximum atomic E-state index is 14.6. The topological polar surface area (TPSA) is 105 Å². The molecule has 2 fully saturated rings. The summed E-state index contributed by atoms with van der Waals surface area (Å²) >= 11 is 0. The summed E-state index contributed by atoms with van der Waals surface area (Å²) in [4.78, 5) is 15.5. The van der Waals surface area contributed by atoms with E-state index in [-0.39, 0.29) is 17.9 Å². The van der Waals surface area contributed by atoms with Gasteiger partial charge in [-0.05, 0) is 41.9 Å². The van der Waals surface area contributed by atoms with E-state index in [1.165, 1.54) is 41.4 Å². The van der Waals surface area contributed by atoms with Crippen LogP contribution in [0, 0.1) is 11.2 Å². The first kappa shape index (κ1) is 20.8. The average molecular weight is 438 g/mol. The molecule has 1 saturated heterocycles. The molecule has 2 heterocycles. The minimum atomic E-state index is -3.38. The highest BCUT2D eigenvalue weighted by molar-refractivity contribution is 7.86. The van der Waals surface area contributed by atoms with Crippen LogP contribution < -0.4 is 5.32 Å². The SMILES string of the molecule is CN(C)S(=O)(=O)N1CC2(CC(c3ccc(NC(=O)OCc4cnco4)cc3F)C2)C1. The van der Waals surface area contributed by atoms with Crippen LogP contribution in [0.3, 0.4) is 0 Å². The average Bonchev–Trinajstić information content (AvgIpc) is 3.12. The van der Waals surface area contributed by atoms with Gasteiger partial charge in [-0.1, -0.05) is 6.07 Å². The summed E-state index contributed by atoms with van der Waals surface area (Å²) in [6.07, 6.45) is 3.44. The van der Waals surface area contributed by atoms with Crippen molar-refractivity contribution in [2.45, 2.75) is 25.4 Å². The first-order valence-corrected chi connectivity index (χ1v) is 10.9. The Labute approximate surface area is 174 Å². The van der Waals surface area contributed by atoms with Crippen LogP contribution in [0.5, 0.6) is 0 Å². The van der Waals surface area contributed by atoms with Crippen LogP contribution in [-0.4, -0.2) is 55.3 Å². The fraction of sp³-hybridized carbons (Fsp3) is 0.474. The second-order valence-electron chi connectivity index (χ2n) is 8.07. The molecule has 1 aromatic carbocycles. The van der Waals surface area contributed by atoms with Gasteiger partial charge in [0, 0.05) is 32.9 Å². The molecule has 1 spiro atoms. The summed E-state index contributed by atoms with van der Waals surface area (Å²) in [6, 6.07) is 4.55. The highest BCUT2D eigenvalue weighted by atomic mass is 32.2. The van der Waals surface area contributed by atoms with Crippen LogP contribution in [0.25, 0.3) is 0 Å². The van der Waals surface area contributed by atoms with Gasteiger partial charge in [0.2, 0.25) is 0 Å². The number of benzene rings is 1. The Morgan fingerprint density at radius 3 is 2.73 bits per heavy atom. The zero-order valence-electron chi connectivity index (χ0n) is 16.7. The van der Waals surface area contributed by atoms with E-state index in [4.69, 9.17) is 9.15 Å². The summed E-state index contributed by atoms with van der Waals surface area (Å²) in [6.45, 7) is 0.877. The van der Waals surface area contributed by atoms with Gasteiger partial charge in [-0.25, -0.2) is 14.2 Å². The van der Waals surface area contributed by atoms with E-state index in [0.29, 0.717) is 30.1 Å². The van der Waals surface area contributed by atoms with E-state index in [9.17, 15) is 17.6 Å². The molecule has 0 bridgehead atoms. The first-order chi connectivity index (χ1) is 14.2. The van der Waals surface area contributed by atoms with Gasteiger partial charge in [0.1, 0.15) is 5.82 Å². The highest BCUT2D eigenvalue weighted by Gasteiger charge is 2.56. The van der Waals surface area contributed by atoms with Crippen LogP contribution in [0.2, 0.25) is 0 Å². The minimum Gasteiger partial charge on any atom is -0.445 e. The lowest BCUT2D eigenvalue weighted by Gasteiger charge is -2.58. The van der Waals surface area contributed by atoms with Gasteiger partial charge >= 0.3 is 6.09 Å². The summed E-state index contributed by atoms with van der Waals surface area (Å²) in [5.41, 5.74) is 0.816. The monoisotopic (exact) mass is 438 g/mol. The fourth-order valence-corrected chi connectivity index (χ4v) is 5.44. The molecule has 162 valence electrons. The molecule has 0 radical (unpaired) electrons. The number of nitrogens with one attached hydrogen (secondary N) is 1. The van der Waals surface area contributed by atoms with E-state index >= 15 is 0 Å². The van der Waals surface area contributed by atoms with Crippen molar-refractivity contribution in [1.29, 1.82) is 0 Å². The Morgan fingerprint density at radius 2 is 2.13 bits per heavy atom. The van der Waals surface area contributed by atoms with Crippen molar-refractivity contribution in [3.63, 3.8) is 0 Å². The molecule has 11 heteroatoms. The molecule has 0 unspecified atom stereocenters. The molecule has 2 aliphatic rings. The molecule has 30 heavy (non-hydrogen) atoms. The predicted octanol–water partition coefficient (Wildman–Crippen LogP) is 2.55. The number of rotatable bonds is 6. The number of oxazole rings is 1. The first-order valence-electron chi connectivity index (χ1n) is 9.47. The number of amides is 1. The number of ether oxygens (including phenoxy) is 1. The van der Waals surface area contributed by atoms with Gasteiger partial charge in [0.15, 0.2) is 18.8 Å². The molecule has 1 aliphatic carbocycles. The Bertz CT molecular complexity index is 1030. The lowest BCUT2D eigenvalue weighted by atomic mass is 9.57. The zero-order chi connectivity index (χ0) is 21.5. The van der Waals surface area contributed by atoms with Crippen LogP contribution in [0.4, 0.5) is 14.9 Å². The fourth-order valence-electron chi connectivity index (χ4n) is 4.10. The molecule has 9 nitrogen and oxygen atoms in total. The Hall–Kier alpha value is -2.50. The van der Waals surface area contributed by atoms with E-state index in [0.717, 1.165) is 12.8 Å². The maximum absolute atomic E-state index is 14.6. The second-order valence-corrected chi connectivity index (χ2v) is 10.2. The predicted molar refractivity (Wildman–Crippen MR) is 105 cm³/mol. The molecule has 4 rings (SSSR count). The number of carbonyl (C=O) groups excluding carboxylic acids is 1. The number of nitrogens with zero attached hydrogens (tertiary/aromatic N) is 3. The molecule has 1 N–H and O–H groups in total. The second kappa shape index (κ2) is 7.64. The van der Waals surface area contributed by atoms with Crippen molar-refractivity contribution in [3.8, 4) is 0 Å². The lowest BCUT2D eigenvalue weighted by molar-refractivity contribution is -0.0286. The molecule has 0 atom stereocenters. The van der Waals surface area contributed by atoms with Gasteiger partial charge in [0.25, 0.3) is 10.2 Å². The van der Waals surface area contributed by atoms with Gasteiger partial charge in [-0.15, -0.1) is 0 Å². The molecular weight excluding hydrogens is 415 g/mol. The van der Waals surface area contributed by atoms with Crippen molar-refractivity contribution in [3.05, 3.63) is 47.9 Å². The van der Waals surface area contributed by atoms with E-state index < -0.39 is 22.1 Å². The van der Waals surface area contributed by atoms with Crippen molar-refractivity contribution in [2.24, 2.45) is 5.41 Å². The van der Waals surface area contributed by atoms with Crippen LogP contribution in [0.15, 0.2) is 35.2 Å². The number of carbonyl (C=O) groups is 1. The smallest absolute Gasteiger partial charge is 0.412 e. The largest absolute Gasteiger partial charge is 0.445 e. The molecule has 1 saturated carbocycles. The molecular formula is C19H23FN4O5S. The minimum absolute atomic E-state index is 0.0432. The van der Waals surface area contributed by atoms with Crippen molar-refractivity contribution in [1.82, 2.24) is 13.6 Å². The Balaban J connectivity index is 1.29.